The van der Waals surface area contributed by atoms with Crippen LogP contribution in [0.25, 0.3) is 22.4 Å². The second-order valence-electron chi connectivity index (χ2n) is 6.09. The van der Waals surface area contributed by atoms with Crippen molar-refractivity contribution in [2.75, 3.05) is 5.32 Å². The highest BCUT2D eigenvalue weighted by Gasteiger charge is 2.35. The maximum Gasteiger partial charge on any atom is 0.417 e. The SMILES string of the molecule is Cc1cnc(NC(=O)c2cncc3[nH]c(-c4ccc(F)cc4C(F)(F)F)nc23)s1. The van der Waals surface area contributed by atoms with Gasteiger partial charge in [0, 0.05) is 22.8 Å². The molecule has 4 rings (SSSR count). The summed E-state index contributed by atoms with van der Waals surface area (Å²) in [5, 5.41) is 2.98. The van der Waals surface area contributed by atoms with Crippen LogP contribution in [0, 0.1) is 12.7 Å². The summed E-state index contributed by atoms with van der Waals surface area (Å²) < 4.78 is 53.4. The first-order valence-corrected chi connectivity index (χ1v) is 8.98. The first kappa shape index (κ1) is 19.0. The zero-order valence-corrected chi connectivity index (χ0v) is 15.5. The molecule has 0 aliphatic heterocycles. The highest BCUT2D eigenvalue weighted by atomic mass is 32.1. The van der Waals surface area contributed by atoms with Gasteiger partial charge in [0.2, 0.25) is 0 Å². The standard InChI is InChI=1S/C18H11F4N5OS/c1-8-5-24-17(29-8)27-16(28)11-6-23-7-13-14(11)26-15(25-13)10-3-2-9(19)4-12(10)18(20,21)22/h2-7H,1H3,(H,25,26)(H,24,27,28). The van der Waals surface area contributed by atoms with Gasteiger partial charge in [-0.15, -0.1) is 11.3 Å². The Bertz CT molecular complexity index is 1230. The molecule has 4 aromatic rings. The van der Waals surface area contributed by atoms with E-state index in [4.69, 9.17) is 0 Å². The number of alkyl halides is 3. The Hall–Kier alpha value is -3.34. The molecule has 0 unspecified atom stereocenters. The maximum absolute atomic E-state index is 13.4. The van der Waals surface area contributed by atoms with E-state index in [9.17, 15) is 22.4 Å². The number of carbonyl (C=O) groups excluding carboxylic acids is 1. The van der Waals surface area contributed by atoms with Crippen molar-refractivity contribution in [3.63, 3.8) is 0 Å². The number of imidazole rings is 1. The number of pyridine rings is 1. The summed E-state index contributed by atoms with van der Waals surface area (Å²) in [6.07, 6.45) is -0.582. The fraction of sp³-hybridized carbons (Fsp3) is 0.111. The minimum absolute atomic E-state index is 0.0634. The van der Waals surface area contributed by atoms with Crippen LogP contribution in [0.2, 0.25) is 0 Å². The molecule has 0 spiro atoms. The molecule has 11 heteroatoms. The molecule has 3 aromatic heterocycles. The van der Waals surface area contributed by atoms with Crippen molar-refractivity contribution in [1.82, 2.24) is 19.9 Å². The van der Waals surface area contributed by atoms with E-state index >= 15 is 0 Å². The lowest BCUT2D eigenvalue weighted by atomic mass is 10.1. The normalized spacial score (nSPS) is 11.8. The maximum atomic E-state index is 13.4. The first-order chi connectivity index (χ1) is 13.7. The fourth-order valence-electron chi connectivity index (χ4n) is 2.76. The van der Waals surface area contributed by atoms with Crippen LogP contribution < -0.4 is 5.32 Å². The minimum Gasteiger partial charge on any atom is -0.337 e. The summed E-state index contributed by atoms with van der Waals surface area (Å²) in [4.78, 5) is 28.3. The van der Waals surface area contributed by atoms with Crippen molar-refractivity contribution < 1.29 is 22.4 Å². The van der Waals surface area contributed by atoms with Gasteiger partial charge in [-0.2, -0.15) is 13.2 Å². The van der Waals surface area contributed by atoms with Gasteiger partial charge in [-0.25, -0.2) is 14.4 Å². The number of benzene rings is 1. The minimum atomic E-state index is -4.78. The molecule has 3 heterocycles. The van der Waals surface area contributed by atoms with Crippen LogP contribution in [-0.4, -0.2) is 25.8 Å². The van der Waals surface area contributed by atoms with Gasteiger partial charge >= 0.3 is 6.18 Å². The number of nitrogens with one attached hydrogen (secondary N) is 2. The van der Waals surface area contributed by atoms with E-state index in [1.54, 1.807) is 6.20 Å². The van der Waals surface area contributed by atoms with Crippen molar-refractivity contribution in [2.24, 2.45) is 0 Å². The lowest BCUT2D eigenvalue weighted by Gasteiger charge is -2.11. The van der Waals surface area contributed by atoms with E-state index < -0.39 is 23.5 Å². The first-order valence-electron chi connectivity index (χ1n) is 8.17. The molecule has 1 aromatic carbocycles. The number of fused-ring (bicyclic) bond motifs is 1. The summed E-state index contributed by atoms with van der Waals surface area (Å²) in [7, 11) is 0. The largest absolute Gasteiger partial charge is 0.417 e. The van der Waals surface area contributed by atoms with Gasteiger partial charge in [0.25, 0.3) is 5.91 Å². The van der Waals surface area contributed by atoms with Crippen molar-refractivity contribution in [2.45, 2.75) is 13.1 Å². The quantitative estimate of drug-likeness (QED) is 0.466. The summed E-state index contributed by atoms with van der Waals surface area (Å²) >= 11 is 1.27. The zero-order valence-electron chi connectivity index (χ0n) is 14.6. The molecule has 6 nitrogen and oxygen atoms in total. The number of carbonyl (C=O) groups is 1. The van der Waals surface area contributed by atoms with Crippen LogP contribution in [0.1, 0.15) is 20.8 Å². The van der Waals surface area contributed by atoms with E-state index in [0.29, 0.717) is 11.2 Å². The number of rotatable bonds is 3. The molecule has 0 fully saturated rings. The van der Waals surface area contributed by atoms with E-state index in [0.717, 1.165) is 17.0 Å². The molecule has 0 radical (unpaired) electrons. The molecule has 0 saturated carbocycles. The van der Waals surface area contributed by atoms with Crippen molar-refractivity contribution in [1.29, 1.82) is 0 Å². The van der Waals surface area contributed by atoms with Gasteiger partial charge in [0.15, 0.2) is 5.13 Å². The van der Waals surface area contributed by atoms with Crippen LogP contribution in [0.15, 0.2) is 36.8 Å². The number of hydrogen-bond donors (Lipinski definition) is 2. The van der Waals surface area contributed by atoms with E-state index in [1.807, 2.05) is 6.92 Å². The third kappa shape index (κ3) is 3.68. The molecule has 1 amide bonds. The number of anilines is 1. The summed E-state index contributed by atoms with van der Waals surface area (Å²) in [5.41, 5.74) is -1.04. The molecule has 0 saturated heterocycles. The molecule has 2 N–H and O–H groups in total. The monoisotopic (exact) mass is 421 g/mol. The molecule has 0 bridgehead atoms. The number of thiazole rings is 1. The van der Waals surface area contributed by atoms with Crippen molar-refractivity contribution in [3.05, 3.63) is 58.6 Å². The van der Waals surface area contributed by atoms with Crippen LogP contribution in [0.4, 0.5) is 22.7 Å². The average Bonchev–Trinajstić information content (AvgIpc) is 3.26. The highest BCUT2D eigenvalue weighted by Crippen LogP contribution is 2.37. The highest BCUT2D eigenvalue weighted by molar-refractivity contribution is 7.15. The Balaban J connectivity index is 1.79. The number of H-pyrrole nitrogens is 1. The molecule has 29 heavy (non-hydrogen) atoms. The van der Waals surface area contributed by atoms with Crippen molar-refractivity contribution >= 4 is 33.4 Å². The van der Waals surface area contributed by atoms with Crippen LogP contribution in [0.5, 0.6) is 0 Å². The zero-order chi connectivity index (χ0) is 20.8. The summed E-state index contributed by atoms with van der Waals surface area (Å²) in [5.74, 6) is -1.72. The Labute approximate surface area is 164 Å². The molecule has 0 aliphatic rings. The average molecular weight is 421 g/mol. The second kappa shape index (κ2) is 6.92. The third-order valence-corrected chi connectivity index (χ3v) is 4.85. The smallest absolute Gasteiger partial charge is 0.337 e. The van der Waals surface area contributed by atoms with Gasteiger partial charge in [0.1, 0.15) is 17.2 Å². The number of nitrogens with zero attached hydrogens (tertiary/aromatic N) is 3. The number of aryl methyl sites for hydroxylation is 1. The topological polar surface area (TPSA) is 83.6 Å². The summed E-state index contributed by atoms with van der Waals surface area (Å²) in [6.45, 7) is 1.83. The van der Waals surface area contributed by atoms with Crippen LogP contribution >= 0.6 is 11.3 Å². The molecular formula is C18H11F4N5OS. The molecule has 0 aliphatic carbocycles. The van der Waals surface area contributed by atoms with E-state index in [-0.39, 0.29) is 28.0 Å². The van der Waals surface area contributed by atoms with Crippen LogP contribution in [0.3, 0.4) is 0 Å². The third-order valence-electron chi connectivity index (χ3n) is 4.02. The summed E-state index contributed by atoms with van der Waals surface area (Å²) in [6, 6.07) is 2.30. The Morgan fingerprint density at radius 2 is 2.00 bits per heavy atom. The van der Waals surface area contributed by atoms with E-state index in [2.05, 4.69) is 25.3 Å². The number of aromatic nitrogens is 4. The van der Waals surface area contributed by atoms with E-state index in [1.165, 1.54) is 23.7 Å². The van der Waals surface area contributed by atoms with Gasteiger partial charge in [0.05, 0.1) is 22.8 Å². The predicted molar refractivity (Wildman–Crippen MR) is 99.1 cm³/mol. The number of amides is 1. The number of aromatic amines is 1. The molecular weight excluding hydrogens is 410 g/mol. The predicted octanol–water partition coefficient (Wildman–Crippen LogP) is 4.80. The van der Waals surface area contributed by atoms with Gasteiger partial charge in [-0.3, -0.25) is 15.1 Å². The second-order valence-corrected chi connectivity index (χ2v) is 7.32. The molecule has 0 atom stereocenters. The molecule has 148 valence electrons. The van der Waals surface area contributed by atoms with Gasteiger partial charge < -0.3 is 4.98 Å². The Morgan fingerprint density at radius 3 is 2.69 bits per heavy atom. The van der Waals surface area contributed by atoms with Gasteiger partial charge in [-0.1, -0.05) is 0 Å². The number of halogens is 4. The van der Waals surface area contributed by atoms with Crippen molar-refractivity contribution in [3.8, 4) is 11.4 Å². The Morgan fingerprint density at radius 1 is 1.21 bits per heavy atom. The Kier molecular flexibility index (Phi) is 4.53. The van der Waals surface area contributed by atoms with Crippen LogP contribution in [-0.2, 0) is 6.18 Å². The van der Waals surface area contributed by atoms with Gasteiger partial charge in [-0.05, 0) is 25.1 Å². The lowest BCUT2D eigenvalue weighted by Crippen LogP contribution is -2.12. The lowest BCUT2D eigenvalue weighted by molar-refractivity contribution is -0.137. The fourth-order valence-corrected chi connectivity index (χ4v) is 3.42. The number of hydrogen-bond acceptors (Lipinski definition) is 5.